The van der Waals surface area contributed by atoms with Crippen LogP contribution in [0.25, 0.3) is 0 Å². The zero-order valence-corrected chi connectivity index (χ0v) is 7.53. The summed E-state index contributed by atoms with van der Waals surface area (Å²) >= 11 is 0. The van der Waals surface area contributed by atoms with Gasteiger partial charge in [-0.25, -0.2) is 0 Å². The van der Waals surface area contributed by atoms with E-state index in [1.165, 1.54) is 18.4 Å². The Balaban J connectivity index is 2.33. The van der Waals surface area contributed by atoms with Crippen molar-refractivity contribution in [2.75, 3.05) is 0 Å². The Morgan fingerprint density at radius 2 is 1.92 bits per heavy atom. The van der Waals surface area contributed by atoms with E-state index in [1.54, 1.807) is 0 Å². The van der Waals surface area contributed by atoms with Gasteiger partial charge in [0.2, 0.25) is 0 Å². The van der Waals surface area contributed by atoms with Crippen LogP contribution in [0.2, 0.25) is 0 Å². The molecule has 0 aromatic heterocycles. The van der Waals surface area contributed by atoms with E-state index in [0.29, 0.717) is 0 Å². The van der Waals surface area contributed by atoms with E-state index in [-0.39, 0.29) is 0 Å². The van der Waals surface area contributed by atoms with Crippen LogP contribution in [0, 0.1) is 6.42 Å². The molecule has 0 amide bonds. The van der Waals surface area contributed by atoms with Crippen LogP contribution in [0.5, 0.6) is 0 Å². The number of benzene rings is 1. The fourth-order valence-electron chi connectivity index (χ4n) is 1.01. The van der Waals surface area contributed by atoms with E-state index in [0.717, 1.165) is 0 Å². The topological polar surface area (TPSA) is 0 Å². The minimum absolute atomic E-state index is 1.17. The lowest BCUT2D eigenvalue weighted by molar-refractivity contribution is 0.958. The summed E-state index contributed by atoms with van der Waals surface area (Å²) in [6.45, 7) is 2.19. The van der Waals surface area contributed by atoms with Gasteiger partial charge < -0.3 is 0 Å². The molecular formula is C12H15. The van der Waals surface area contributed by atoms with E-state index in [9.17, 15) is 0 Å². The van der Waals surface area contributed by atoms with E-state index < -0.39 is 0 Å². The smallest absolute Gasteiger partial charge is 0.0121 e. The normalized spacial score (nSPS) is 10.8. The van der Waals surface area contributed by atoms with Gasteiger partial charge in [0.25, 0.3) is 0 Å². The van der Waals surface area contributed by atoms with Crippen LogP contribution in [0.1, 0.15) is 25.3 Å². The van der Waals surface area contributed by atoms with Crippen LogP contribution in [-0.4, -0.2) is 0 Å². The molecule has 1 rings (SSSR count). The second-order valence-corrected chi connectivity index (χ2v) is 2.79. The first kappa shape index (κ1) is 9.05. The first-order chi connectivity index (χ1) is 5.93. The van der Waals surface area contributed by atoms with Crippen LogP contribution in [0.3, 0.4) is 0 Å². The van der Waals surface area contributed by atoms with Gasteiger partial charge in [-0.2, -0.15) is 0 Å². The third kappa shape index (κ3) is 3.38. The molecule has 0 atom stereocenters. The first-order valence-corrected chi connectivity index (χ1v) is 4.48. The Labute approximate surface area is 74.9 Å². The van der Waals surface area contributed by atoms with Crippen molar-refractivity contribution in [3.05, 3.63) is 54.5 Å². The van der Waals surface area contributed by atoms with Crippen LogP contribution in [0.15, 0.2) is 42.5 Å². The maximum atomic E-state index is 2.20. The molecule has 12 heavy (non-hydrogen) atoms. The van der Waals surface area contributed by atoms with E-state index in [1.807, 2.05) is 6.07 Å². The molecule has 0 N–H and O–H groups in total. The van der Waals surface area contributed by atoms with Gasteiger partial charge in [-0.15, -0.1) is 0 Å². The van der Waals surface area contributed by atoms with Crippen molar-refractivity contribution < 1.29 is 0 Å². The average Bonchev–Trinajstić information content (AvgIpc) is 2.14. The molecule has 1 aromatic rings. The van der Waals surface area contributed by atoms with Crippen LogP contribution in [0.4, 0.5) is 0 Å². The van der Waals surface area contributed by atoms with Gasteiger partial charge in [-0.05, 0) is 12.0 Å². The van der Waals surface area contributed by atoms with Crippen LogP contribution < -0.4 is 0 Å². The fraction of sp³-hybridized carbons (Fsp3) is 0.250. The van der Waals surface area contributed by atoms with Gasteiger partial charge in [0.05, 0.1) is 0 Å². The lowest BCUT2D eigenvalue weighted by Gasteiger charge is -1.92. The highest BCUT2D eigenvalue weighted by molar-refractivity contribution is 5.27. The lowest BCUT2D eigenvalue weighted by Crippen LogP contribution is -1.74. The van der Waals surface area contributed by atoms with Gasteiger partial charge in [0, 0.05) is 6.42 Å². The van der Waals surface area contributed by atoms with Crippen molar-refractivity contribution in [3.8, 4) is 0 Å². The summed E-state index contributed by atoms with van der Waals surface area (Å²) in [6.07, 6.45) is 8.85. The number of unbranched alkanes of at least 4 members (excludes halogenated alkanes) is 1. The summed E-state index contributed by atoms with van der Waals surface area (Å²) in [5.74, 6) is 0. The maximum absolute atomic E-state index is 2.20. The van der Waals surface area contributed by atoms with Crippen LogP contribution in [-0.2, 0) is 0 Å². The third-order valence-corrected chi connectivity index (χ3v) is 1.68. The molecule has 0 saturated carbocycles. The summed E-state index contributed by atoms with van der Waals surface area (Å²) in [5.41, 5.74) is 1.27. The highest BCUT2D eigenvalue weighted by atomic mass is 13.9. The fourth-order valence-corrected chi connectivity index (χ4v) is 1.01. The largest absolute Gasteiger partial charge is 0.0879 e. The molecule has 0 aliphatic heterocycles. The Morgan fingerprint density at radius 1 is 1.17 bits per heavy atom. The predicted octanol–water partition coefficient (Wildman–Crippen LogP) is 3.60. The molecule has 0 aliphatic carbocycles. The Kier molecular flexibility index (Phi) is 4.22. The molecule has 63 valence electrons. The van der Waals surface area contributed by atoms with Crippen molar-refractivity contribution in [3.63, 3.8) is 0 Å². The molecule has 1 radical (unpaired) electrons. The minimum Gasteiger partial charge on any atom is -0.0879 e. The standard InChI is InChI=1S/C12H15/c1-2-3-4-6-9-12-10-7-5-8-11-12/h4-11H,2-3H2,1H3/b6-4+. The molecule has 0 nitrogen and oxygen atoms in total. The van der Waals surface area contributed by atoms with Crippen molar-refractivity contribution in [1.82, 2.24) is 0 Å². The van der Waals surface area contributed by atoms with Crippen LogP contribution >= 0.6 is 0 Å². The Morgan fingerprint density at radius 3 is 2.58 bits per heavy atom. The van der Waals surface area contributed by atoms with Gasteiger partial charge in [-0.1, -0.05) is 55.8 Å². The molecule has 0 unspecified atom stereocenters. The average molecular weight is 159 g/mol. The molecule has 0 aliphatic rings. The van der Waals surface area contributed by atoms with Crippen molar-refractivity contribution >= 4 is 0 Å². The molecular weight excluding hydrogens is 144 g/mol. The molecule has 0 fully saturated rings. The Hall–Kier alpha value is -1.04. The SMILES string of the molecule is CCC/C=C/[CH]c1ccccc1. The number of rotatable bonds is 4. The second kappa shape index (κ2) is 5.59. The van der Waals surface area contributed by atoms with Gasteiger partial charge in [0.15, 0.2) is 0 Å². The van der Waals surface area contributed by atoms with E-state index >= 15 is 0 Å². The van der Waals surface area contributed by atoms with E-state index in [2.05, 4.69) is 49.8 Å². The predicted molar refractivity (Wildman–Crippen MR) is 53.9 cm³/mol. The van der Waals surface area contributed by atoms with E-state index in [4.69, 9.17) is 0 Å². The third-order valence-electron chi connectivity index (χ3n) is 1.68. The number of hydrogen-bond donors (Lipinski definition) is 0. The maximum Gasteiger partial charge on any atom is 0.0121 e. The quantitative estimate of drug-likeness (QED) is 0.629. The molecule has 1 aromatic carbocycles. The monoisotopic (exact) mass is 159 g/mol. The van der Waals surface area contributed by atoms with Gasteiger partial charge in [0.1, 0.15) is 0 Å². The summed E-state index contributed by atoms with van der Waals surface area (Å²) in [7, 11) is 0. The summed E-state index contributed by atoms with van der Waals surface area (Å²) in [4.78, 5) is 0. The van der Waals surface area contributed by atoms with Gasteiger partial charge in [-0.3, -0.25) is 0 Å². The van der Waals surface area contributed by atoms with Crippen molar-refractivity contribution in [2.45, 2.75) is 19.8 Å². The number of hydrogen-bond acceptors (Lipinski definition) is 0. The molecule has 0 bridgehead atoms. The second-order valence-electron chi connectivity index (χ2n) is 2.79. The van der Waals surface area contributed by atoms with Gasteiger partial charge >= 0.3 is 0 Å². The number of allylic oxidation sites excluding steroid dienone is 2. The molecule has 0 saturated heterocycles. The first-order valence-electron chi connectivity index (χ1n) is 4.48. The summed E-state index contributed by atoms with van der Waals surface area (Å²) in [6, 6.07) is 10.4. The summed E-state index contributed by atoms with van der Waals surface area (Å²) in [5, 5.41) is 0. The minimum atomic E-state index is 1.17. The Bertz CT molecular complexity index is 221. The summed E-state index contributed by atoms with van der Waals surface area (Å²) < 4.78 is 0. The lowest BCUT2D eigenvalue weighted by atomic mass is 10.1. The zero-order valence-electron chi connectivity index (χ0n) is 7.53. The highest BCUT2D eigenvalue weighted by Crippen LogP contribution is 2.02. The zero-order chi connectivity index (χ0) is 8.65. The highest BCUT2D eigenvalue weighted by Gasteiger charge is 1.84. The molecule has 0 heteroatoms. The van der Waals surface area contributed by atoms with Crippen molar-refractivity contribution in [2.24, 2.45) is 0 Å². The van der Waals surface area contributed by atoms with Crippen molar-refractivity contribution in [1.29, 1.82) is 0 Å². The molecule has 0 spiro atoms. The molecule has 0 heterocycles.